The Morgan fingerprint density at radius 3 is 2.61 bits per heavy atom. The minimum Gasteiger partial charge on any atom is -0.390 e. The van der Waals surface area contributed by atoms with Gasteiger partial charge < -0.3 is 15.7 Å². The summed E-state index contributed by atoms with van der Waals surface area (Å²) in [6.07, 6.45) is 9.49. The minimum atomic E-state index is -0.540. The number of hydrogen-bond donors (Lipinski definition) is 2. The summed E-state index contributed by atoms with van der Waals surface area (Å²) in [4.78, 5) is 1.99. The molecule has 0 fully saturated rings. The first kappa shape index (κ1) is 16.8. The van der Waals surface area contributed by atoms with Gasteiger partial charge in [-0.1, -0.05) is 42.5 Å². The van der Waals surface area contributed by atoms with E-state index in [-0.39, 0.29) is 6.04 Å². The summed E-state index contributed by atoms with van der Waals surface area (Å²) < 4.78 is 0. The minimum absolute atomic E-state index is 0.266. The molecule has 3 N–H and O–H groups in total. The molecule has 0 aromatic heterocycles. The van der Waals surface area contributed by atoms with Crippen molar-refractivity contribution < 1.29 is 5.11 Å². The van der Waals surface area contributed by atoms with Gasteiger partial charge >= 0.3 is 0 Å². The lowest BCUT2D eigenvalue weighted by atomic mass is 10.0. The molecule has 2 atom stereocenters. The zero-order valence-corrected chi connectivity index (χ0v) is 11.5. The summed E-state index contributed by atoms with van der Waals surface area (Å²) in [6.45, 7) is 10.6. The van der Waals surface area contributed by atoms with Gasteiger partial charge in [-0.15, -0.1) is 6.58 Å². The van der Waals surface area contributed by atoms with Crippen LogP contribution in [0.3, 0.4) is 0 Å². The van der Waals surface area contributed by atoms with Gasteiger partial charge in [0.25, 0.3) is 0 Å². The third-order valence-electron chi connectivity index (χ3n) is 2.72. The van der Waals surface area contributed by atoms with Gasteiger partial charge in [0.05, 0.1) is 6.10 Å². The van der Waals surface area contributed by atoms with E-state index in [0.29, 0.717) is 13.0 Å². The molecule has 18 heavy (non-hydrogen) atoms. The number of hydrogen-bond acceptors (Lipinski definition) is 3. The first-order valence-electron chi connectivity index (χ1n) is 6.22. The second kappa shape index (κ2) is 9.83. The maximum atomic E-state index is 10.0. The van der Waals surface area contributed by atoms with Crippen LogP contribution in [-0.2, 0) is 0 Å². The fourth-order valence-corrected chi connectivity index (χ4v) is 1.63. The molecule has 0 aromatic carbocycles. The molecule has 0 bridgehead atoms. The van der Waals surface area contributed by atoms with Gasteiger partial charge in [0.2, 0.25) is 0 Å². The molecule has 0 amide bonds. The van der Waals surface area contributed by atoms with Gasteiger partial charge in [-0.2, -0.15) is 0 Å². The highest BCUT2D eigenvalue weighted by Gasteiger charge is 2.16. The van der Waals surface area contributed by atoms with E-state index in [1.165, 1.54) is 0 Å². The Kier molecular flexibility index (Phi) is 9.19. The SMILES string of the molecule is C=C/C=C\C(=C/C)C[C@H](N)[C@H](O)CN(C)CC=C. The molecule has 0 aliphatic heterocycles. The third kappa shape index (κ3) is 7.22. The van der Waals surface area contributed by atoms with Crippen LogP contribution < -0.4 is 5.73 Å². The lowest BCUT2D eigenvalue weighted by Crippen LogP contribution is -2.42. The van der Waals surface area contributed by atoms with Gasteiger partial charge in [0, 0.05) is 19.1 Å². The molecule has 0 aliphatic carbocycles. The highest BCUT2D eigenvalue weighted by atomic mass is 16.3. The highest BCUT2D eigenvalue weighted by molar-refractivity contribution is 5.22. The number of aliphatic hydroxyl groups excluding tert-OH is 1. The normalized spacial score (nSPS) is 15.9. The second-order valence-corrected chi connectivity index (χ2v) is 4.40. The fourth-order valence-electron chi connectivity index (χ4n) is 1.63. The molecule has 102 valence electrons. The maximum absolute atomic E-state index is 10.0. The smallest absolute Gasteiger partial charge is 0.0820 e. The Bertz CT molecular complexity index is 308. The number of allylic oxidation sites excluding steroid dienone is 4. The topological polar surface area (TPSA) is 49.5 Å². The third-order valence-corrected chi connectivity index (χ3v) is 2.72. The predicted octanol–water partition coefficient (Wildman–Crippen LogP) is 1.87. The van der Waals surface area contributed by atoms with Gasteiger partial charge in [0.1, 0.15) is 0 Å². The molecule has 3 heteroatoms. The molecule has 0 saturated heterocycles. The molecule has 0 heterocycles. The number of nitrogens with zero attached hydrogens (tertiary/aromatic N) is 1. The van der Waals surface area contributed by atoms with Gasteiger partial charge in [-0.3, -0.25) is 0 Å². The summed E-state index contributed by atoms with van der Waals surface area (Å²) >= 11 is 0. The van der Waals surface area contributed by atoms with E-state index in [1.807, 2.05) is 43.2 Å². The molecular weight excluding hydrogens is 224 g/mol. The molecular formula is C15H26N2O. The summed E-state index contributed by atoms with van der Waals surface area (Å²) in [6, 6.07) is -0.266. The predicted molar refractivity (Wildman–Crippen MR) is 79.4 cm³/mol. The summed E-state index contributed by atoms with van der Waals surface area (Å²) in [7, 11) is 1.94. The van der Waals surface area contributed by atoms with Crippen molar-refractivity contribution in [3.8, 4) is 0 Å². The number of aliphatic hydroxyl groups is 1. The van der Waals surface area contributed by atoms with Crippen LogP contribution in [0.2, 0.25) is 0 Å². The monoisotopic (exact) mass is 250 g/mol. The maximum Gasteiger partial charge on any atom is 0.0820 e. The molecule has 0 rings (SSSR count). The van der Waals surface area contributed by atoms with E-state index in [2.05, 4.69) is 13.2 Å². The second-order valence-electron chi connectivity index (χ2n) is 4.40. The van der Waals surface area contributed by atoms with E-state index >= 15 is 0 Å². The summed E-state index contributed by atoms with van der Waals surface area (Å²) in [5.41, 5.74) is 7.11. The van der Waals surface area contributed by atoms with Crippen LogP contribution in [0.5, 0.6) is 0 Å². The van der Waals surface area contributed by atoms with E-state index in [9.17, 15) is 5.11 Å². The molecule has 0 saturated carbocycles. The largest absolute Gasteiger partial charge is 0.390 e. The fraction of sp³-hybridized carbons (Fsp3) is 0.467. The van der Waals surface area contributed by atoms with Gasteiger partial charge in [-0.25, -0.2) is 0 Å². The van der Waals surface area contributed by atoms with Gasteiger partial charge in [-0.05, 0) is 20.4 Å². The van der Waals surface area contributed by atoms with Crippen molar-refractivity contribution >= 4 is 0 Å². The Labute approximate surface area is 111 Å². The van der Waals surface area contributed by atoms with E-state index < -0.39 is 6.10 Å². The van der Waals surface area contributed by atoms with E-state index in [4.69, 9.17) is 5.73 Å². The zero-order valence-electron chi connectivity index (χ0n) is 11.5. The van der Waals surface area contributed by atoms with Crippen molar-refractivity contribution in [2.45, 2.75) is 25.5 Å². The molecule has 3 nitrogen and oxygen atoms in total. The van der Waals surface area contributed by atoms with Crippen molar-refractivity contribution in [1.29, 1.82) is 0 Å². The Morgan fingerprint density at radius 1 is 1.44 bits per heavy atom. The summed E-state index contributed by atoms with van der Waals surface area (Å²) in [5.74, 6) is 0. The molecule has 0 spiro atoms. The Hall–Kier alpha value is -1.16. The van der Waals surface area contributed by atoms with Gasteiger partial charge in [0.15, 0.2) is 0 Å². The lowest BCUT2D eigenvalue weighted by molar-refractivity contribution is 0.106. The van der Waals surface area contributed by atoms with Crippen LogP contribution in [0, 0.1) is 0 Å². The van der Waals surface area contributed by atoms with Crippen LogP contribution in [0.15, 0.2) is 49.1 Å². The average molecular weight is 250 g/mol. The molecule has 0 aromatic rings. The van der Waals surface area contributed by atoms with Crippen LogP contribution in [0.4, 0.5) is 0 Å². The van der Waals surface area contributed by atoms with Crippen molar-refractivity contribution in [3.05, 3.63) is 49.1 Å². The van der Waals surface area contributed by atoms with E-state index in [0.717, 1.165) is 12.1 Å². The zero-order chi connectivity index (χ0) is 14.0. The van der Waals surface area contributed by atoms with Crippen LogP contribution in [0.25, 0.3) is 0 Å². The van der Waals surface area contributed by atoms with Crippen molar-refractivity contribution in [2.24, 2.45) is 5.73 Å². The summed E-state index contributed by atoms with van der Waals surface area (Å²) in [5, 5.41) is 10.0. The molecule has 0 aliphatic rings. The lowest BCUT2D eigenvalue weighted by Gasteiger charge is -2.24. The van der Waals surface area contributed by atoms with Crippen molar-refractivity contribution in [2.75, 3.05) is 20.1 Å². The average Bonchev–Trinajstić information content (AvgIpc) is 2.34. The number of likely N-dealkylation sites (N-methyl/N-ethyl adjacent to an activating group) is 1. The van der Waals surface area contributed by atoms with Crippen LogP contribution in [0.1, 0.15) is 13.3 Å². The van der Waals surface area contributed by atoms with Crippen molar-refractivity contribution in [1.82, 2.24) is 4.90 Å². The Morgan fingerprint density at radius 2 is 2.11 bits per heavy atom. The van der Waals surface area contributed by atoms with E-state index in [1.54, 1.807) is 6.08 Å². The highest BCUT2D eigenvalue weighted by Crippen LogP contribution is 2.09. The van der Waals surface area contributed by atoms with Crippen LogP contribution >= 0.6 is 0 Å². The quantitative estimate of drug-likeness (QED) is 0.485. The molecule has 0 radical (unpaired) electrons. The van der Waals surface area contributed by atoms with Crippen molar-refractivity contribution in [3.63, 3.8) is 0 Å². The number of rotatable bonds is 9. The Balaban J connectivity index is 4.28. The molecule has 0 unspecified atom stereocenters. The van der Waals surface area contributed by atoms with Crippen LogP contribution in [-0.4, -0.2) is 42.3 Å². The first-order valence-corrected chi connectivity index (χ1v) is 6.22. The first-order chi connectivity index (χ1) is 8.54. The number of nitrogens with two attached hydrogens (primary N) is 1. The standard InChI is InChI=1S/C15H26N2O/c1-5-8-9-13(7-3)11-14(16)15(18)12-17(4)10-6-2/h5-9,14-15,18H,1-2,10-12,16H2,3-4H3/b9-8-,13-7+/t14-,15+/m0/s1.